The molecule has 0 fully saturated rings. The zero-order chi connectivity index (χ0) is 18.3. The van der Waals surface area contributed by atoms with Gasteiger partial charge in [-0.05, 0) is 59.5 Å². The van der Waals surface area contributed by atoms with E-state index >= 15 is 0 Å². The number of aromatic carboxylic acids is 1. The average molecular weight is 529 g/mol. The Labute approximate surface area is 168 Å². The summed E-state index contributed by atoms with van der Waals surface area (Å²) in [6, 6.07) is 0. The highest BCUT2D eigenvalue weighted by Gasteiger charge is 2.25. The van der Waals surface area contributed by atoms with Gasteiger partial charge >= 0.3 is 5.97 Å². The third-order valence-electron chi connectivity index (χ3n) is 3.74. The highest BCUT2D eigenvalue weighted by atomic mass is 127. The van der Waals surface area contributed by atoms with Crippen LogP contribution in [0.2, 0.25) is 0 Å². The minimum Gasteiger partial charge on any atom is -0.496 e. The molecule has 0 heterocycles. The van der Waals surface area contributed by atoms with Crippen LogP contribution in [0.1, 0.15) is 34.0 Å². The van der Waals surface area contributed by atoms with Crippen molar-refractivity contribution in [3.05, 3.63) is 33.9 Å². The maximum Gasteiger partial charge on any atom is 0.339 e. The van der Waals surface area contributed by atoms with Crippen LogP contribution < -0.4 is 9.47 Å². The SMILES string of the molecule is COc1c(C)c(C)c(C(=O)O)c(OCCSI)c1C/C=C(\C)CBr. The third kappa shape index (κ3) is 5.29. The van der Waals surface area contributed by atoms with Crippen LogP contribution in [0.4, 0.5) is 0 Å². The van der Waals surface area contributed by atoms with Crippen molar-refractivity contribution in [3.63, 3.8) is 0 Å². The lowest BCUT2D eigenvalue weighted by molar-refractivity contribution is 0.0691. The average Bonchev–Trinajstić information content (AvgIpc) is 2.55. The number of ether oxygens (including phenoxy) is 2. The van der Waals surface area contributed by atoms with Gasteiger partial charge in [-0.15, -0.1) is 0 Å². The minimum atomic E-state index is -0.974. The molecule has 0 radical (unpaired) electrons. The molecule has 0 unspecified atom stereocenters. The fraction of sp³-hybridized carbons (Fsp3) is 0.471. The van der Waals surface area contributed by atoms with Crippen LogP contribution in [-0.4, -0.2) is 35.9 Å². The van der Waals surface area contributed by atoms with Gasteiger partial charge in [-0.2, -0.15) is 0 Å². The number of carboxylic acid groups (broad SMARTS) is 1. The van der Waals surface area contributed by atoms with Crippen molar-refractivity contribution < 1.29 is 19.4 Å². The third-order valence-corrected chi connectivity index (χ3v) is 6.27. The van der Waals surface area contributed by atoms with E-state index < -0.39 is 5.97 Å². The molecule has 134 valence electrons. The molecular weight excluding hydrogens is 507 g/mol. The van der Waals surface area contributed by atoms with Gasteiger partial charge in [0.1, 0.15) is 17.1 Å². The first-order chi connectivity index (χ1) is 11.4. The van der Waals surface area contributed by atoms with Crippen LogP contribution in [-0.2, 0) is 6.42 Å². The Bertz CT molecular complexity index is 632. The van der Waals surface area contributed by atoms with Gasteiger partial charge in [-0.25, -0.2) is 4.79 Å². The van der Waals surface area contributed by atoms with Crippen LogP contribution in [0.3, 0.4) is 0 Å². The molecule has 0 bridgehead atoms. The van der Waals surface area contributed by atoms with E-state index in [0.717, 1.165) is 22.2 Å². The van der Waals surface area contributed by atoms with Crippen LogP contribution >= 0.6 is 46.1 Å². The zero-order valence-electron chi connectivity index (χ0n) is 14.2. The Hall–Kier alpha value is -0.410. The summed E-state index contributed by atoms with van der Waals surface area (Å²) in [5, 5.41) is 10.5. The second kappa shape index (κ2) is 10.6. The van der Waals surface area contributed by atoms with E-state index in [1.165, 1.54) is 5.57 Å². The van der Waals surface area contributed by atoms with E-state index in [-0.39, 0.29) is 5.56 Å². The first kappa shape index (κ1) is 21.6. The molecular formula is C17H22BrIO4S. The number of alkyl halides is 1. The van der Waals surface area contributed by atoms with E-state index in [2.05, 4.69) is 43.2 Å². The van der Waals surface area contributed by atoms with E-state index in [9.17, 15) is 9.90 Å². The Morgan fingerprint density at radius 1 is 1.33 bits per heavy atom. The maximum absolute atomic E-state index is 11.8. The van der Waals surface area contributed by atoms with Gasteiger partial charge in [0, 0.05) is 16.6 Å². The summed E-state index contributed by atoms with van der Waals surface area (Å²) in [6.07, 6.45) is 2.63. The Kier molecular flexibility index (Phi) is 9.51. The molecule has 0 aliphatic heterocycles. The quantitative estimate of drug-likeness (QED) is 0.202. The summed E-state index contributed by atoms with van der Waals surface area (Å²) in [7, 11) is 3.24. The number of benzene rings is 1. The molecule has 0 aliphatic carbocycles. The largest absolute Gasteiger partial charge is 0.496 e. The number of hydrogen-bond acceptors (Lipinski definition) is 4. The van der Waals surface area contributed by atoms with Gasteiger partial charge in [0.2, 0.25) is 0 Å². The van der Waals surface area contributed by atoms with Crippen molar-refractivity contribution in [1.82, 2.24) is 0 Å². The van der Waals surface area contributed by atoms with E-state index in [4.69, 9.17) is 9.47 Å². The molecule has 0 saturated carbocycles. The molecule has 0 aromatic heterocycles. The standard InChI is InChI=1S/C17H22BrIO4S/c1-10(9-18)5-6-13-15(22-4)12(3)11(2)14(17(20)21)16(13)23-7-8-24-19/h5H,6-9H2,1-4H3,(H,20,21)/b10-5+. The van der Waals surface area contributed by atoms with Crippen LogP contribution in [0.25, 0.3) is 0 Å². The summed E-state index contributed by atoms with van der Waals surface area (Å²) < 4.78 is 11.5. The van der Waals surface area contributed by atoms with E-state index in [1.54, 1.807) is 23.0 Å². The Morgan fingerprint density at radius 3 is 2.50 bits per heavy atom. The molecule has 4 nitrogen and oxygen atoms in total. The van der Waals surface area contributed by atoms with Crippen molar-refractivity contribution >= 4 is 52.0 Å². The Balaban J connectivity index is 3.55. The van der Waals surface area contributed by atoms with Gasteiger partial charge in [0.15, 0.2) is 0 Å². The molecule has 1 N–H and O–H groups in total. The second-order valence-corrected chi connectivity index (χ2v) is 8.38. The number of rotatable bonds is 9. The number of carboxylic acids is 1. The number of methoxy groups -OCH3 is 1. The van der Waals surface area contributed by atoms with Crippen molar-refractivity contribution in [2.45, 2.75) is 27.2 Å². The lowest BCUT2D eigenvalue weighted by atomic mass is 9.94. The van der Waals surface area contributed by atoms with Crippen LogP contribution in [0.5, 0.6) is 11.5 Å². The number of hydrogen-bond donors (Lipinski definition) is 1. The molecule has 1 aromatic rings. The van der Waals surface area contributed by atoms with Crippen LogP contribution in [0, 0.1) is 13.8 Å². The Morgan fingerprint density at radius 2 is 2.00 bits per heavy atom. The lowest BCUT2D eigenvalue weighted by Gasteiger charge is -2.21. The minimum absolute atomic E-state index is 0.228. The number of allylic oxidation sites excluding steroid dienone is 2. The first-order valence-corrected chi connectivity index (χ1v) is 12.0. The molecule has 1 aromatic carbocycles. The smallest absolute Gasteiger partial charge is 0.339 e. The van der Waals surface area contributed by atoms with Crippen molar-refractivity contribution in [3.8, 4) is 11.5 Å². The number of carbonyl (C=O) groups is 1. The van der Waals surface area contributed by atoms with Crippen LogP contribution in [0.15, 0.2) is 11.6 Å². The normalized spacial score (nSPS) is 11.5. The molecule has 0 amide bonds. The van der Waals surface area contributed by atoms with Gasteiger partial charge < -0.3 is 14.6 Å². The monoisotopic (exact) mass is 528 g/mol. The fourth-order valence-corrected chi connectivity index (χ4v) is 3.31. The molecule has 1 rings (SSSR count). The summed E-state index contributed by atoms with van der Waals surface area (Å²) >= 11 is 5.63. The molecule has 0 atom stereocenters. The first-order valence-electron chi connectivity index (χ1n) is 7.40. The van der Waals surface area contributed by atoms with Crippen molar-refractivity contribution in [1.29, 1.82) is 0 Å². The second-order valence-electron chi connectivity index (χ2n) is 5.32. The van der Waals surface area contributed by atoms with Gasteiger partial charge in [0.25, 0.3) is 0 Å². The molecule has 0 spiro atoms. The van der Waals surface area contributed by atoms with E-state index in [0.29, 0.717) is 30.1 Å². The van der Waals surface area contributed by atoms with Crippen molar-refractivity contribution in [2.75, 3.05) is 24.8 Å². The summed E-state index contributed by atoms with van der Waals surface area (Å²) in [6.45, 7) is 6.15. The summed E-state index contributed by atoms with van der Waals surface area (Å²) in [5.74, 6) is 0.933. The summed E-state index contributed by atoms with van der Waals surface area (Å²) in [5.41, 5.74) is 3.70. The molecule has 0 saturated heterocycles. The highest BCUT2D eigenvalue weighted by Crippen LogP contribution is 2.39. The molecule has 7 heteroatoms. The molecule has 0 aliphatic rings. The maximum atomic E-state index is 11.8. The van der Waals surface area contributed by atoms with Crippen molar-refractivity contribution in [2.24, 2.45) is 0 Å². The highest BCUT2D eigenvalue weighted by molar-refractivity contribution is 14.2. The predicted molar refractivity (Wildman–Crippen MR) is 113 cm³/mol. The predicted octanol–water partition coefficient (Wildman–Crippen LogP) is 5.36. The number of halogens is 2. The van der Waals surface area contributed by atoms with Gasteiger partial charge in [0.05, 0.1) is 13.7 Å². The molecule has 24 heavy (non-hydrogen) atoms. The van der Waals surface area contributed by atoms with E-state index in [1.807, 2.05) is 13.8 Å². The lowest BCUT2D eigenvalue weighted by Crippen LogP contribution is -2.13. The topological polar surface area (TPSA) is 55.8 Å². The zero-order valence-corrected chi connectivity index (χ0v) is 18.8. The van der Waals surface area contributed by atoms with Gasteiger partial charge in [-0.1, -0.05) is 36.5 Å². The fourth-order valence-electron chi connectivity index (χ4n) is 2.39. The summed E-state index contributed by atoms with van der Waals surface area (Å²) in [4.78, 5) is 11.8. The van der Waals surface area contributed by atoms with Gasteiger partial charge in [-0.3, -0.25) is 0 Å².